The number of nitrogens with zero attached hydrogens (tertiary/aromatic N) is 2. The van der Waals surface area contributed by atoms with Crippen LogP contribution in [0.15, 0.2) is 0 Å². The minimum atomic E-state index is 0.801. The van der Waals surface area contributed by atoms with Crippen molar-refractivity contribution in [2.24, 2.45) is 11.8 Å². The van der Waals surface area contributed by atoms with Gasteiger partial charge in [0, 0.05) is 38.3 Å². The van der Waals surface area contributed by atoms with Crippen LogP contribution in [0.2, 0.25) is 0 Å². The van der Waals surface area contributed by atoms with E-state index in [0.717, 1.165) is 23.9 Å². The van der Waals surface area contributed by atoms with Gasteiger partial charge in [0.15, 0.2) is 0 Å². The third-order valence-electron chi connectivity index (χ3n) is 4.96. The van der Waals surface area contributed by atoms with E-state index in [-0.39, 0.29) is 0 Å². The summed E-state index contributed by atoms with van der Waals surface area (Å²) in [6, 6.07) is 1.64. The van der Waals surface area contributed by atoms with Crippen LogP contribution in [0, 0.1) is 11.8 Å². The smallest absolute Gasteiger partial charge is 0.0223 e. The van der Waals surface area contributed by atoms with Crippen LogP contribution in [0.5, 0.6) is 0 Å². The van der Waals surface area contributed by atoms with Crippen LogP contribution in [0.3, 0.4) is 0 Å². The van der Waals surface area contributed by atoms with Gasteiger partial charge in [0.1, 0.15) is 0 Å². The first-order valence-corrected chi connectivity index (χ1v) is 7.40. The molecule has 3 rings (SSSR count). The van der Waals surface area contributed by atoms with E-state index in [1.54, 1.807) is 0 Å². The van der Waals surface area contributed by atoms with Crippen LogP contribution in [0.1, 0.15) is 26.2 Å². The highest BCUT2D eigenvalue weighted by Crippen LogP contribution is 2.34. The summed E-state index contributed by atoms with van der Waals surface area (Å²) in [5, 5.41) is 3.72. The van der Waals surface area contributed by atoms with Crippen LogP contribution < -0.4 is 5.32 Å². The fourth-order valence-electron chi connectivity index (χ4n) is 3.80. The molecule has 3 unspecified atom stereocenters. The Hall–Kier alpha value is -0.120. The van der Waals surface area contributed by atoms with Crippen LogP contribution >= 0.6 is 0 Å². The summed E-state index contributed by atoms with van der Waals surface area (Å²) in [6.07, 6.45) is 4.30. The van der Waals surface area contributed by atoms with Gasteiger partial charge in [-0.15, -0.1) is 0 Å². The molecule has 1 N–H and O–H groups in total. The number of piperazine rings is 1. The average molecular weight is 237 g/mol. The van der Waals surface area contributed by atoms with Crippen molar-refractivity contribution in [3.63, 3.8) is 0 Å². The molecule has 2 aliphatic heterocycles. The standard InChI is InChI=1S/C14H27N3/c1-11-9-16(2)7-5-14(11)17-8-6-15-13(10-17)12-3-4-12/h11-15H,3-10H2,1-2H3. The molecule has 0 amide bonds. The average Bonchev–Trinajstić information content (AvgIpc) is 3.13. The molecule has 2 saturated heterocycles. The SMILES string of the molecule is CC1CN(C)CCC1N1CCNC(C2CC2)C1. The second kappa shape index (κ2) is 4.87. The summed E-state index contributed by atoms with van der Waals surface area (Å²) in [6.45, 7) is 8.79. The molecule has 3 fully saturated rings. The zero-order valence-electron chi connectivity index (χ0n) is 11.4. The van der Waals surface area contributed by atoms with Crippen molar-refractivity contribution in [2.45, 2.75) is 38.3 Å². The maximum absolute atomic E-state index is 3.72. The van der Waals surface area contributed by atoms with E-state index in [4.69, 9.17) is 0 Å². The highest BCUT2D eigenvalue weighted by Gasteiger charge is 2.37. The fourth-order valence-corrected chi connectivity index (χ4v) is 3.80. The van der Waals surface area contributed by atoms with E-state index < -0.39 is 0 Å². The van der Waals surface area contributed by atoms with E-state index >= 15 is 0 Å². The van der Waals surface area contributed by atoms with E-state index in [1.165, 1.54) is 52.0 Å². The van der Waals surface area contributed by atoms with E-state index in [0.29, 0.717) is 0 Å². The second-order valence-corrected chi connectivity index (χ2v) is 6.49. The third-order valence-corrected chi connectivity index (χ3v) is 4.96. The van der Waals surface area contributed by atoms with Gasteiger partial charge in [-0.1, -0.05) is 6.92 Å². The summed E-state index contributed by atoms with van der Waals surface area (Å²) in [4.78, 5) is 5.28. The van der Waals surface area contributed by atoms with E-state index in [2.05, 4.69) is 29.1 Å². The van der Waals surface area contributed by atoms with Gasteiger partial charge in [-0.3, -0.25) is 4.90 Å². The van der Waals surface area contributed by atoms with Gasteiger partial charge in [0.25, 0.3) is 0 Å². The topological polar surface area (TPSA) is 18.5 Å². The first kappa shape index (κ1) is 11.9. The number of hydrogen-bond donors (Lipinski definition) is 1. The number of hydrogen-bond acceptors (Lipinski definition) is 3. The molecule has 0 aromatic rings. The minimum absolute atomic E-state index is 0.801. The molecule has 3 atom stereocenters. The lowest BCUT2D eigenvalue weighted by molar-refractivity contribution is 0.0512. The molecule has 0 spiro atoms. The lowest BCUT2D eigenvalue weighted by atomic mass is 9.91. The Bertz CT molecular complexity index is 264. The number of likely N-dealkylation sites (tertiary alicyclic amines) is 1. The van der Waals surface area contributed by atoms with Crippen molar-refractivity contribution >= 4 is 0 Å². The molecular weight excluding hydrogens is 210 g/mol. The lowest BCUT2D eigenvalue weighted by Gasteiger charge is -2.45. The van der Waals surface area contributed by atoms with Crippen LogP contribution in [-0.4, -0.2) is 61.7 Å². The molecule has 1 aliphatic carbocycles. The highest BCUT2D eigenvalue weighted by molar-refractivity contribution is 4.94. The van der Waals surface area contributed by atoms with Gasteiger partial charge >= 0.3 is 0 Å². The summed E-state index contributed by atoms with van der Waals surface area (Å²) in [7, 11) is 2.26. The van der Waals surface area contributed by atoms with Crippen molar-refractivity contribution in [1.29, 1.82) is 0 Å². The molecule has 3 heteroatoms. The van der Waals surface area contributed by atoms with Gasteiger partial charge in [-0.2, -0.15) is 0 Å². The third kappa shape index (κ3) is 2.67. The highest BCUT2D eigenvalue weighted by atomic mass is 15.2. The molecule has 3 nitrogen and oxygen atoms in total. The first-order chi connectivity index (χ1) is 8.24. The predicted octanol–water partition coefficient (Wildman–Crippen LogP) is 1.01. The fraction of sp³-hybridized carbons (Fsp3) is 1.00. The van der Waals surface area contributed by atoms with Crippen molar-refractivity contribution in [3.05, 3.63) is 0 Å². The Labute approximate surface area is 106 Å². The number of rotatable bonds is 2. The minimum Gasteiger partial charge on any atom is -0.311 e. The van der Waals surface area contributed by atoms with E-state index in [9.17, 15) is 0 Å². The normalized spacial score (nSPS) is 41.6. The molecule has 98 valence electrons. The summed E-state index contributed by atoms with van der Waals surface area (Å²) < 4.78 is 0. The molecule has 0 radical (unpaired) electrons. The zero-order valence-corrected chi connectivity index (χ0v) is 11.4. The molecule has 1 saturated carbocycles. The van der Waals surface area contributed by atoms with Crippen LogP contribution in [0.25, 0.3) is 0 Å². The second-order valence-electron chi connectivity index (χ2n) is 6.49. The Morgan fingerprint density at radius 1 is 1.06 bits per heavy atom. The number of piperidine rings is 1. The van der Waals surface area contributed by atoms with E-state index in [1.807, 2.05) is 0 Å². The van der Waals surface area contributed by atoms with Crippen molar-refractivity contribution in [1.82, 2.24) is 15.1 Å². The molecule has 17 heavy (non-hydrogen) atoms. The molecule has 0 bridgehead atoms. The summed E-state index contributed by atoms with van der Waals surface area (Å²) in [5.74, 6) is 1.84. The largest absolute Gasteiger partial charge is 0.311 e. The maximum atomic E-state index is 3.72. The Morgan fingerprint density at radius 2 is 1.88 bits per heavy atom. The lowest BCUT2D eigenvalue weighted by Crippen LogP contribution is -2.58. The van der Waals surface area contributed by atoms with Gasteiger partial charge in [0.2, 0.25) is 0 Å². The van der Waals surface area contributed by atoms with Gasteiger partial charge in [-0.25, -0.2) is 0 Å². The Kier molecular flexibility index (Phi) is 3.42. The monoisotopic (exact) mass is 237 g/mol. The van der Waals surface area contributed by atoms with Gasteiger partial charge in [-0.05, 0) is 44.7 Å². The van der Waals surface area contributed by atoms with Gasteiger partial charge < -0.3 is 10.2 Å². The maximum Gasteiger partial charge on any atom is 0.0223 e. The molecule has 3 aliphatic rings. The molecule has 2 heterocycles. The van der Waals surface area contributed by atoms with Crippen molar-refractivity contribution in [2.75, 3.05) is 39.8 Å². The number of nitrogens with one attached hydrogen (secondary N) is 1. The Balaban J connectivity index is 1.58. The first-order valence-electron chi connectivity index (χ1n) is 7.40. The van der Waals surface area contributed by atoms with Gasteiger partial charge in [0.05, 0.1) is 0 Å². The van der Waals surface area contributed by atoms with Crippen LogP contribution in [-0.2, 0) is 0 Å². The van der Waals surface area contributed by atoms with Crippen molar-refractivity contribution in [3.8, 4) is 0 Å². The Morgan fingerprint density at radius 3 is 2.59 bits per heavy atom. The van der Waals surface area contributed by atoms with Crippen molar-refractivity contribution < 1.29 is 0 Å². The summed E-state index contributed by atoms with van der Waals surface area (Å²) >= 11 is 0. The summed E-state index contributed by atoms with van der Waals surface area (Å²) in [5.41, 5.74) is 0. The zero-order chi connectivity index (χ0) is 11.8. The predicted molar refractivity (Wildman–Crippen MR) is 71.2 cm³/mol. The quantitative estimate of drug-likeness (QED) is 0.773. The molecule has 0 aromatic carbocycles. The molecular formula is C14H27N3. The molecule has 0 aromatic heterocycles. The van der Waals surface area contributed by atoms with Crippen LogP contribution in [0.4, 0.5) is 0 Å².